The number of halogens is 1. The van der Waals surface area contributed by atoms with Gasteiger partial charge in [-0.2, -0.15) is 0 Å². The highest BCUT2D eigenvalue weighted by Crippen LogP contribution is 2.28. The van der Waals surface area contributed by atoms with E-state index in [9.17, 15) is 4.79 Å². The van der Waals surface area contributed by atoms with Crippen molar-refractivity contribution in [2.75, 3.05) is 5.32 Å². The van der Waals surface area contributed by atoms with Gasteiger partial charge in [-0.15, -0.1) is 0 Å². The fraction of sp³-hybridized carbons (Fsp3) is 0.522. The first-order valence-corrected chi connectivity index (χ1v) is 10.4. The molecule has 1 rings (SSSR count). The quantitative estimate of drug-likeness (QED) is 0.311. The van der Waals surface area contributed by atoms with Crippen molar-refractivity contribution < 1.29 is 4.79 Å². The van der Waals surface area contributed by atoms with Crippen molar-refractivity contribution in [3.05, 3.63) is 52.1 Å². The molecule has 0 aliphatic rings. The van der Waals surface area contributed by atoms with E-state index < -0.39 is 0 Å². The molecular formula is C23H34ClNO. The molecule has 2 nitrogen and oxygen atoms in total. The molecule has 1 aromatic carbocycles. The summed E-state index contributed by atoms with van der Waals surface area (Å²) in [6, 6.07) is 7.35. The Bertz CT molecular complexity index is 631. The predicted molar refractivity (Wildman–Crippen MR) is 115 cm³/mol. The Morgan fingerprint density at radius 1 is 0.962 bits per heavy atom. The molecule has 0 aliphatic heterocycles. The van der Waals surface area contributed by atoms with Crippen LogP contribution in [0.4, 0.5) is 5.69 Å². The third-order valence-electron chi connectivity index (χ3n) is 4.31. The highest BCUT2D eigenvalue weighted by molar-refractivity contribution is 6.30. The molecule has 144 valence electrons. The largest absolute Gasteiger partial charge is 0.322 e. The molecule has 0 saturated heterocycles. The maximum Gasteiger partial charge on any atom is 0.251 e. The summed E-state index contributed by atoms with van der Waals surface area (Å²) in [5.74, 6) is 0.0102. The molecule has 0 bridgehead atoms. The van der Waals surface area contributed by atoms with Gasteiger partial charge in [-0.05, 0) is 55.0 Å². The third kappa shape index (κ3) is 7.37. The van der Waals surface area contributed by atoms with Gasteiger partial charge in [-0.1, -0.05) is 77.1 Å². The summed E-state index contributed by atoms with van der Waals surface area (Å²) in [6.07, 6.45) is 10.4. The number of benzene rings is 1. The molecule has 0 atom stereocenters. The Hall–Kier alpha value is -1.54. The summed E-state index contributed by atoms with van der Waals surface area (Å²) in [5.41, 5.74) is 4.30. The average Bonchev–Trinajstić information content (AvgIpc) is 2.61. The second-order valence-corrected chi connectivity index (χ2v) is 7.13. The van der Waals surface area contributed by atoms with Gasteiger partial charge in [0.05, 0.1) is 0 Å². The van der Waals surface area contributed by atoms with Crippen molar-refractivity contribution in [1.82, 2.24) is 0 Å². The van der Waals surface area contributed by atoms with Crippen LogP contribution in [0.5, 0.6) is 0 Å². The molecule has 0 spiro atoms. The molecule has 0 radical (unpaired) electrons. The van der Waals surface area contributed by atoms with Gasteiger partial charge in [0, 0.05) is 16.3 Å². The maximum absolute atomic E-state index is 13.1. The van der Waals surface area contributed by atoms with Crippen LogP contribution in [0.2, 0.25) is 5.02 Å². The van der Waals surface area contributed by atoms with E-state index in [2.05, 4.69) is 39.1 Å². The van der Waals surface area contributed by atoms with Crippen LogP contribution in [0.1, 0.15) is 79.1 Å². The number of carbonyl (C=O) groups is 1. The van der Waals surface area contributed by atoms with Gasteiger partial charge in [0.15, 0.2) is 0 Å². The van der Waals surface area contributed by atoms with Crippen molar-refractivity contribution in [3.63, 3.8) is 0 Å². The summed E-state index contributed by atoms with van der Waals surface area (Å²) in [4.78, 5) is 13.1. The molecule has 0 fully saturated rings. The predicted octanol–water partition coefficient (Wildman–Crippen LogP) is 7.70. The van der Waals surface area contributed by atoms with E-state index in [0.29, 0.717) is 5.02 Å². The molecule has 1 amide bonds. The topological polar surface area (TPSA) is 29.1 Å². The van der Waals surface area contributed by atoms with Crippen LogP contribution in [0.25, 0.3) is 0 Å². The third-order valence-corrected chi connectivity index (χ3v) is 4.54. The average molecular weight is 376 g/mol. The van der Waals surface area contributed by atoms with Gasteiger partial charge in [-0.25, -0.2) is 0 Å². The maximum atomic E-state index is 13.1. The fourth-order valence-electron chi connectivity index (χ4n) is 3.14. The van der Waals surface area contributed by atoms with E-state index in [1.54, 1.807) is 6.07 Å². The lowest BCUT2D eigenvalue weighted by Crippen LogP contribution is -2.17. The van der Waals surface area contributed by atoms with E-state index in [4.69, 9.17) is 11.6 Å². The first-order valence-electron chi connectivity index (χ1n) is 10.1. The number of carbonyl (C=O) groups excluding carboxylic acids is 1. The minimum atomic E-state index is 0.0102. The standard InChI is InChI=1S/C23H34ClNO/c1-5-9-14-18(11-6-2)21(12-7-3)22(13-8-4)23(26)25-20-16-10-15-19(24)17-20/h10,14-17H,5-9,11-13H2,1-4H3,(H,25,26)/b18-14+,22-21-. The van der Waals surface area contributed by atoms with Gasteiger partial charge in [0.2, 0.25) is 0 Å². The molecule has 0 aliphatic carbocycles. The summed E-state index contributed by atoms with van der Waals surface area (Å²) in [5, 5.41) is 3.68. The zero-order chi connectivity index (χ0) is 19.4. The van der Waals surface area contributed by atoms with Crippen molar-refractivity contribution in [2.24, 2.45) is 0 Å². The number of hydrogen-bond donors (Lipinski definition) is 1. The number of rotatable bonds is 11. The first kappa shape index (κ1) is 22.5. The Labute approximate surface area is 164 Å². The molecular weight excluding hydrogens is 342 g/mol. The zero-order valence-electron chi connectivity index (χ0n) is 16.8. The van der Waals surface area contributed by atoms with Gasteiger partial charge < -0.3 is 5.32 Å². The molecule has 1 aromatic rings. The minimum Gasteiger partial charge on any atom is -0.322 e. The molecule has 0 heterocycles. The number of unbranched alkanes of at least 4 members (excludes halogenated alkanes) is 1. The number of amides is 1. The number of hydrogen-bond acceptors (Lipinski definition) is 1. The number of nitrogens with one attached hydrogen (secondary N) is 1. The normalized spacial score (nSPS) is 12.7. The van der Waals surface area contributed by atoms with Gasteiger partial charge in [0.25, 0.3) is 5.91 Å². The summed E-state index contributed by atoms with van der Waals surface area (Å²) in [6.45, 7) is 8.71. The Morgan fingerprint density at radius 2 is 1.62 bits per heavy atom. The van der Waals surface area contributed by atoms with E-state index in [1.807, 2.05) is 18.2 Å². The molecule has 0 saturated carbocycles. The van der Waals surface area contributed by atoms with Crippen LogP contribution in [0, 0.1) is 0 Å². The monoisotopic (exact) mass is 375 g/mol. The van der Waals surface area contributed by atoms with E-state index >= 15 is 0 Å². The number of anilines is 1. The lowest BCUT2D eigenvalue weighted by Gasteiger charge is -2.18. The van der Waals surface area contributed by atoms with Crippen molar-refractivity contribution in [1.29, 1.82) is 0 Å². The Balaban J connectivity index is 3.27. The van der Waals surface area contributed by atoms with Crippen molar-refractivity contribution >= 4 is 23.2 Å². The van der Waals surface area contributed by atoms with Crippen LogP contribution < -0.4 is 5.32 Å². The lowest BCUT2D eigenvalue weighted by molar-refractivity contribution is -0.113. The Kier molecular flexibility index (Phi) is 11.0. The van der Waals surface area contributed by atoms with Gasteiger partial charge >= 0.3 is 0 Å². The highest BCUT2D eigenvalue weighted by Gasteiger charge is 2.17. The Morgan fingerprint density at radius 3 is 2.19 bits per heavy atom. The van der Waals surface area contributed by atoms with Crippen LogP contribution in [-0.2, 0) is 4.79 Å². The van der Waals surface area contributed by atoms with Crippen LogP contribution in [0.15, 0.2) is 47.1 Å². The second kappa shape index (κ2) is 12.8. The lowest BCUT2D eigenvalue weighted by atomic mass is 9.89. The molecule has 1 N–H and O–H groups in total. The molecule has 0 aromatic heterocycles. The smallest absolute Gasteiger partial charge is 0.251 e. The first-order chi connectivity index (χ1) is 12.6. The van der Waals surface area contributed by atoms with Gasteiger partial charge in [-0.3, -0.25) is 4.79 Å². The summed E-state index contributed by atoms with van der Waals surface area (Å²) < 4.78 is 0. The minimum absolute atomic E-state index is 0.0102. The van der Waals surface area contributed by atoms with Crippen molar-refractivity contribution in [3.8, 4) is 0 Å². The summed E-state index contributed by atoms with van der Waals surface area (Å²) >= 11 is 6.06. The molecule has 3 heteroatoms. The fourth-order valence-corrected chi connectivity index (χ4v) is 3.33. The SMILES string of the molecule is CCC/C=C(CCC)/C(CCC)=C(/CCC)C(=O)Nc1cccc(Cl)c1. The van der Waals surface area contributed by atoms with Crippen LogP contribution in [0.3, 0.4) is 0 Å². The number of allylic oxidation sites excluding steroid dienone is 3. The van der Waals surface area contributed by atoms with E-state index in [-0.39, 0.29) is 5.91 Å². The zero-order valence-corrected chi connectivity index (χ0v) is 17.6. The van der Waals surface area contributed by atoms with E-state index in [0.717, 1.165) is 62.6 Å². The molecule has 26 heavy (non-hydrogen) atoms. The highest BCUT2D eigenvalue weighted by atomic mass is 35.5. The van der Waals surface area contributed by atoms with Gasteiger partial charge in [0.1, 0.15) is 0 Å². The van der Waals surface area contributed by atoms with Crippen LogP contribution >= 0.6 is 11.6 Å². The van der Waals surface area contributed by atoms with E-state index in [1.165, 1.54) is 11.1 Å². The molecule has 0 unspecified atom stereocenters. The second-order valence-electron chi connectivity index (χ2n) is 6.69. The van der Waals surface area contributed by atoms with Crippen molar-refractivity contribution in [2.45, 2.75) is 79.1 Å². The summed E-state index contributed by atoms with van der Waals surface area (Å²) in [7, 11) is 0. The van der Waals surface area contributed by atoms with Crippen LogP contribution in [-0.4, -0.2) is 5.91 Å².